The van der Waals surface area contributed by atoms with Crippen LogP contribution in [0.5, 0.6) is 0 Å². The molecule has 0 saturated heterocycles. The van der Waals surface area contributed by atoms with Gasteiger partial charge >= 0.3 is 10.2 Å². The van der Waals surface area contributed by atoms with Gasteiger partial charge in [0.1, 0.15) is 0 Å². The van der Waals surface area contributed by atoms with E-state index >= 15 is 0 Å². The molecule has 8 nitrogen and oxygen atoms in total. The van der Waals surface area contributed by atoms with E-state index in [9.17, 15) is 8.42 Å². The van der Waals surface area contributed by atoms with Gasteiger partial charge in [-0.05, 0) is 23.0 Å². The van der Waals surface area contributed by atoms with E-state index in [-0.39, 0.29) is 0 Å². The number of hydrogen-bond donors (Lipinski definition) is 0. The van der Waals surface area contributed by atoms with Crippen molar-refractivity contribution in [3.8, 4) is 0 Å². The molecule has 0 N–H and O–H groups in total. The molecule has 1 aromatic rings. The van der Waals surface area contributed by atoms with Crippen LogP contribution in [0.3, 0.4) is 0 Å². The second kappa shape index (κ2) is 8.66. The van der Waals surface area contributed by atoms with Gasteiger partial charge in [0.05, 0.1) is 0 Å². The summed E-state index contributed by atoms with van der Waals surface area (Å²) in [5.41, 5.74) is 16.4. The molecule has 0 saturated carbocycles. The largest absolute Gasteiger partial charge is 0.321 e. The fourth-order valence-corrected chi connectivity index (χ4v) is 1.11. The Morgan fingerprint density at radius 1 is 1.17 bits per heavy atom. The first-order chi connectivity index (χ1) is 8.55. The summed E-state index contributed by atoms with van der Waals surface area (Å²) in [6.07, 6.45) is 2.89. The summed E-state index contributed by atoms with van der Waals surface area (Å²) in [4.78, 5) is 3.80. The Balaban J connectivity index is 0.000000321. The van der Waals surface area contributed by atoms with Gasteiger partial charge in [-0.15, -0.1) is 6.58 Å². The zero-order valence-corrected chi connectivity index (χ0v) is 10.1. The normalized spacial score (nSPS) is 8.89. The first kappa shape index (κ1) is 15.5. The Kier molecular flexibility index (Phi) is 7.47. The third kappa shape index (κ3) is 7.77. The lowest BCUT2D eigenvalue weighted by atomic mass is 10.2. The highest BCUT2D eigenvalue weighted by molar-refractivity contribution is 7.88. The molecule has 0 aromatic heterocycles. The van der Waals surface area contributed by atoms with Gasteiger partial charge in [0.15, 0.2) is 0 Å². The van der Waals surface area contributed by atoms with Crippen molar-refractivity contribution in [2.24, 2.45) is 9.04 Å². The Bertz CT molecular complexity index is 546. The second-order valence-electron chi connectivity index (χ2n) is 2.77. The number of nitrogens with zero attached hydrogens (tertiary/aromatic N) is 6. The summed E-state index contributed by atoms with van der Waals surface area (Å²) >= 11 is 0. The minimum absolute atomic E-state index is 0.973. The monoisotopic (exact) mass is 266 g/mol. The Labute approximate surface area is 104 Å². The van der Waals surface area contributed by atoms with E-state index in [1.165, 1.54) is 5.56 Å². The molecular weight excluding hydrogens is 256 g/mol. The van der Waals surface area contributed by atoms with Gasteiger partial charge in [0.2, 0.25) is 0 Å². The fraction of sp³-hybridized carbons (Fsp3) is 0.111. The lowest BCUT2D eigenvalue weighted by Crippen LogP contribution is -1.82. The van der Waals surface area contributed by atoms with Crippen molar-refractivity contribution in [2.45, 2.75) is 6.42 Å². The zero-order valence-electron chi connectivity index (χ0n) is 9.29. The molecule has 0 bridgehead atoms. The highest BCUT2D eigenvalue weighted by Gasteiger charge is 1.99. The molecule has 1 rings (SSSR count). The van der Waals surface area contributed by atoms with Crippen molar-refractivity contribution in [1.82, 2.24) is 0 Å². The van der Waals surface area contributed by atoms with E-state index in [1.807, 2.05) is 34.1 Å². The molecule has 0 amide bonds. The molecule has 0 radical (unpaired) electrons. The molecule has 0 aliphatic carbocycles. The second-order valence-corrected chi connectivity index (χ2v) is 3.99. The van der Waals surface area contributed by atoms with E-state index in [0.717, 1.165) is 6.42 Å². The third-order valence-corrected chi connectivity index (χ3v) is 2.06. The minimum Gasteiger partial charge on any atom is -0.213 e. The quantitative estimate of drug-likeness (QED) is 0.358. The van der Waals surface area contributed by atoms with E-state index in [1.54, 1.807) is 0 Å². The van der Waals surface area contributed by atoms with Gasteiger partial charge in [-0.25, -0.2) is 8.42 Å². The van der Waals surface area contributed by atoms with Crippen molar-refractivity contribution in [3.05, 3.63) is 69.4 Å². The van der Waals surface area contributed by atoms with Crippen LogP contribution in [0.25, 0.3) is 20.9 Å². The lowest BCUT2D eigenvalue weighted by Gasteiger charge is -1.91. The topological polar surface area (TPSA) is 132 Å². The van der Waals surface area contributed by atoms with Crippen LogP contribution in [0.4, 0.5) is 0 Å². The highest BCUT2D eigenvalue weighted by Crippen LogP contribution is 1.98. The summed E-state index contributed by atoms with van der Waals surface area (Å²) in [6.45, 7) is 3.66. The first-order valence-corrected chi connectivity index (χ1v) is 5.98. The van der Waals surface area contributed by atoms with Gasteiger partial charge in [0, 0.05) is 18.9 Å². The molecule has 94 valence electrons. The maximum Gasteiger partial charge on any atom is 0.321 e. The predicted octanol–water partition coefficient (Wildman–Crippen LogP) is 3.27. The number of benzene rings is 1. The van der Waals surface area contributed by atoms with Crippen LogP contribution in [-0.4, -0.2) is 8.42 Å². The molecule has 0 atom stereocenters. The summed E-state index contributed by atoms with van der Waals surface area (Å²) in [5, 5.41) is 0. The van der Waals surface area contributed by atoms with Gasteiger partial charge in [-0.3, -0.25) is 0 Å². The molecule has 0 unspecified atom stereocenters. The number of rotatable bonds is 4. The minimum atomic E-state index is -4.27. The van der Waals surface area contributed by atoms with Gasteiger partial charge < -0.3 is 0 Å². The fourth-order valence-electron chi connectivity index (χ4n) is 0.889. The van der Waals surface area contributed by atoms with Gasteiger partial charge in [0.25, 0.3) is 0 Å². The molecule has 0 aliphatic rings. The average Bonchev–Trinajstić information content (AvgIpc) is 2.31. The number of azide groups is 1. The molecular formula is C9H10N6O2S. The van der Waals surface area contributed by atoms with Crippen molar-refractivity contribution in [2.75, 3.05) is 0 Å². The summed E-state index contributed by atoms with van der Waals surface area (Å²) < 4.78 is 24.3. The average molecular weight is 266 g/mol. The molecule has 1 aromatic carbocycles. The standard InChI is InChI=1S/C9H10.N6O2S/c1-2-6-9-7-4-3-5-8-9;1-3-5-9(7,8)6-4-2/h2-5,7-8H,1,6H2;. The van der Waals surface area contributed by atoms with E-state index in [2.05, 4.69) is 27.8 Å². The lowest BCUT2D eigenvalue weighted by molar-refractivity contribution is 0.599. The SMILES string of the molecule is C=CCc1ccccc1.[N-]=[N+]=NS(=O)(=O)N=[N+]=[N-]. The Morgan fingerprint density at radius 3 is 2.06 bits per heavy atom. The molecule has 18 heavy (non-hydrogen) atoms. The maximum atomic E-state index is 9.99. The van der Waals surface area contributed by atoms with Crippen LogP contribution in [0.15, 0.2) is 52.0 Å². The highest BCUT2D eigenvalue weighted by atomic mass is 32.2. The molecule has 0 fully saturated rings. The van der Waals surface area contributed by atoms with E-state index in [0.29, 0.717) is 0 Å². The van der Waals surface area contributed by atoms with Crippen molar-refractivity contribution < 1.29 is 8.42 Å². The molecule has 9 heteroatoms. The van der Waals surface area contributed by atoms with Gasteiger partial charge in [-0.1, -0.05) is 36.4 Å². The van der Waals surface area contributed by atoms with E-state index in [4.69, 9.17) is 11.1 Å². The number of allylic oxidation sites excluding steroid dienone is 1. The van der Waals surface area contributed by atoms with Crippen molar-refractivity contribution in [3.63, 3.8) is 0 Å². The van der Waals surface area contributed by atoms with Crippen LogP contribution in [0, 0.1) is 0 Å². The zero-order chi connectivity index (χ0) is 13.9. The Hall–Kier alpha value is -2.47. The molecule has 0 spiro atoms. The van der Waals surface area contributed by atoms with Crippen LogP contribution in [0.2, 0.25) is 0 Å². The maximum absolute atomic E-state index is 9.99. The van der Waals surface area contributed by atoms with Crippen LogP contribution in [0.1, 0.15) is 5.56 Å². The van der Waals surface area contributed by atoms with Crippen molar-refractivity contribution >= 4 is 10.2 Å². The predicted molar refractivity (Wildman–Crippen MR) is 67.6 cm³/mol. The van der Waals surface area contributed by atoms with Crippen LogP contribution < -0.4 is 0 Å². The summed E-state index contributed by atoms with van der Waals surface area (Å²) in [7, 11) is -4.27. The van der Waals surface area contributed by atoms with E-state index < -0.39 is 10.2 Å². The van der Waals surface area contributed by atoms with Crippen molar-refractivity contribution in [1.29, 1.82) is 0 Å². The summed E-state index contributed by atoms with van der Waals surface area (Å²) in [5.74, 6) is 0. The molecule has 0 aliphatic heterocycles. The Morgan fingerprint density at radius 2 is 1.67 bits per heavy atom. The molecule has 0 heterocycles. The number of hydrogen-bond acceptors (Lipinski definition) is 2. The van der Waals surface area contributed by atoms with Crippen LogP contribution >= 0.6 is 0 Å². The van der Waals surface area contributed by atoms with Crippen LogP contribution in [-0.2, 0) is 16.6 Å². The van der Waals surface area contributed by atoms with Gasteiger partial charge in [-0.2, -0.15) is 0 Å². The smallest absolute Gasteiger partial charge is 0.213 e. The summed E-state index contributed by atoms with van der Waals surface area (Å²) in [6, 6.07) is 10.3. The third-order valence-electron chi connectivity index (χ3n) is 1.50. The first-order valence-electron chi connectivity index (χ1n) is 4.58.